The summed E-state index contributed by atoms with van der Waals surface area (Å²) in [4.78, 5) is 4.14. The number of allylic oxidation sites excluding steroid dienone is 1. The van der Waals surface area contributed by atoms with Crippen LogP contribution in [0.5, 0.6) is 0 Å². The Morgan fingerprint density at radius 3 is 2.38 bits per heavy atom. The lowest BCUT2D eigenvalue weighted by molar-refractivity contribution is 0.681. The van der Waals surface area contributed by atoms with Gasteiger partial charge in [0, 0.05) is 11.6 Å². The molecular weight excluding hydrogens is 200 g/mol. The van der Waals surface area contributed by atoms with Crippen LogP contribution in [-0.2, 0) is 0 Å². The molecule has 0 aliphatic carbocycles. The lowest BCUT2D eigenvalue weighted by atomic mass is 9.88. The fourth-order valence-corrected chi connectivity index (χ4v) is 1.43. The monoisotopic (exact) mass is 224 g/mol. The van der Waals surface area contributed by atoms with Crippen molar-refractivity contribution >= 4 is 11.5 Å². The van der Waals surface area contributed by atoms with E-state index < -0.39 is 0 Å². The van der Waals surface area contributed by atoms with Gasteiger partial charge in [0.1, 0.15) is 5.84 Å². The van der Waals surface area contributed by atoms with E-state index in [1.165, 1.54) is 0 Å². The van der Waals surface area contributed by atoms with E-state index in [9.17, 15) is 0 Å². The maximum atomic E-state index is 7.67. The first kappa shape index (κ1) is 14.8. The van der Waals surface area contributed by atoms with Crippen LogP contribution in [0, 0.1) is 17.2 Å². The molecule has 0 unspecified atom stereocenters. The molecule has 0 fully saturated rings. The molecule has 0 aliphatic heterocycles. The molecule has 0 aromatic rings. The standard InChI is InChI=1S/C12H24N4/c1-8(2)11(9(3)10(4)13)6-12(14)16-7-15-5/h6,8-9,13,15H,7H2,1-5H3,(H2,14,16)/b11-6-,13-10?/t9-/m1/s1. The number of nitrogens with one attached hydrogen (secondary N) is 2. The summed E-state index contributed by atoms with van der Waals surface area (Å²) in [5, 5.41) is 10.6. The van der Waals surface area contributed by atoms with Gasteiger partial charge in [-0.2, -0.15) is 0 Å². The molecule has 4 heteroatoms. The predicted octanol–water partition coefficient (Wildman–Crippen LogP) is 1.78. The van der Waals surface area contributed by atoms with Crippen LogP contribution in [0.3, 0.4) is 0 Å². The Hall–Kier alpha value is -1.16. The Labute approximate surface area is 98.5 Å². The Bertz CT molecular complexity index is 289. The van der Waals surface area contributed by atoms with Crippen LogP contribution in [0.4, 0.5) is 0 Å². The summed E-state index contributed by atoms with van der Waals surface area (Å²) in [7, 11) is 1.83. The number of rotatable bonds is 6. The molecule has 0 heterocycles. The van der Waals surface area contributed by atoms with Crippen LogP contribution < -0.4 is 11.1 Å². The van der Waals surface area contributed by atoms with E-state index in [0.29, 0.717) is 24.1 Å². The van der Waals surface area contributed by atoms with Crippen molar-refractivity contribution in [1.82, 2.24) is 5.32 Å². The Kier molecular flexibility index (Phi) is 6.65. The molecule has 92 valence electrons. The number of amidine groups is 1. The smallest absolute Gasteiger partial charge is 0.119 e. The summed E-state index contributed by atoms with van der Waals surface area (Å²) in [5.74, 6) is 1.02. The highest BCUT2D eigenvalue weighted by Crippen LogP contribution is 2.20. The van der Waals surface area contributed by atoms with E-state index in [4.69, 9.17) is 11.1 Å². The summed E-state index contributed by atoms with van der Waals surface area (Å²) >= 11 is 0. The first-order valence-electron chi connectivity index (χ1n) is 5.61. The number of hydrogen-bond donors (Lipinski definition) is 3. The van der Waals surface area contributed by atoms with Crippen LogP contribution in [-0.4, -0.2) is 25.3 Å². The third-order valence-electron chi connectivity index (χ3n) is 2.55. The minimum atomic E-state index is 0.128. The topological polar surface area (TPSA) is 74.3 Å². The Balaban J connectivity index is 4.91. The first-order valence-corrected chi connectivity index (χ1v) is 5.61. The molecule has 0 amide bonds. The molecule has 0 radical (unpaired) electrons. The molecular formula is C12H24N4. The lowest BCUT2D eigenvalue weighted by Gasteiger charge is -2.18. The highest BCUT2D eigenvalue weighted by Gasteiger charge is 2.14. The maximum Gasteiger partial charge on any atom is 0.119 e. The number of aliphatic imine (C=N–C) groups is 1. The second-order valence-corrected chi connectivity index (χ2v) is 4.30. The van der Waals surface area contributed by atoms with Gasteiger partial charge in [0.05, 0.1) is 6.67 Å². The summed E-state index contributed by atoms with van der Waals surface area (Å²) in [6.45, 7) is 8.58. The number of nitrogens with two attached hydrogens (primary N) is 1. The van der Waals surface area contributed by atoms with Crippen LogP contribution in [0.2, 0.25) is 0 Å². The average molecular weight is 224 g/mol. The normalized spacial score (nSPS) is 15.4. The van der Waals surface area contributed by atoms with E-state index in [-0.39, 0.29) is 5.92 Å². The van der Waals surface area contributed by atoms with Crippen molar-refractivity contribution in [2.45, 2.75) is 27.7 Å². The zero-order chi connectivity index (χ0) is 12.7. The zero-order valence-corrected chi connectivity index (χ0v) is 11.0. The first-order chi connectivity index (χ1) is 7.40. The largest absolute Gasteiger partial charge is 0.384 e. The molecule has 0 aromatic heterocycles. The molecule has 0 spiro atoms. The molecule has 0 aromatic carbocycles. The van der Waals surface area contributed by atoms with Gasteiger partial charge in [0.15, 0.2) is 0 Å². The molecule has 1 atom stereocenters. The Morgan fingerprint density at radius 1 is 1.44 bits per heavy atom. The number of hydrogen-bond acceptors (Lipinski definition) is 3. The quantitative estimate of drug-likeness (QED) is 0.475. The van der Waals surface area contributed by atoms with Crippen LogP contribution >= 0.6 is 0 Å². The van der Waals surface area contributed by atoms with Gasteiger partial charge in [-0.3, -0.25) is 4.99 Å². The van der Waals surface area contributed by atoms with Gasteiger partial charge in [-0.15, -0.1) is 0 Å². The van der Waals surface area contributed by atoms with E-state index in [0.717, 1.165) is 5.57 Å². The highest BCUT2D eigenvalue weighted by atomic mass is 15.0. The predicted molar refractivity (Wildman–Crippen MR) is 71.0 cm³/mol. The van der Waals surface area contributed by atoms with Gasteiger partial charge in [0.2, 0.25) is 0 Å². The molecule has 4 N–H and O–H groups in total. The van der Waals surface area contributed by atoms with E-state index >= 15 is 0 Å². The van der Waals surface area contributed by atoms with Crippen molar-refractivity contribution in [3.8, 4) is 0 Å². The second kappa shape index (κ2) is 7.17. The fraction of sp³-hybridized carbons (Fsp3) is 0.667. The van der Waals surface area contributed by atoms with Gasteiger partial charge in [0.25, 0.3) is 0 Å². The van der Waals surface area contributed by atoms with Crippen molar-refractivity contribution in [2.24, 2.45) is 22.6 Å². The second-order valence-electron chi connectivity index (χ2n) is 4.30. The highest BCUT2D eigenvalue weighted by molar-refractivity contribution is 5.94. The summed E-state index contributed by atoms with van der Waals surface area (Å²) < 4.78 is 0. The Morgan fingerprint density at radius 2 is 2.00 bits per heavy atom. The molecule has 0 rings (SSSR count). The van der Waals surface area contributed by atoms with Gasteiger partial charge in [-0.25, -0.2) is 0 Å². The van der Waals surface area contributed by atoms with Gasteiger partial charge in [-0.05, 0) is 26.0 Å². The third-order valence-corrected chi connectivity index (χ3v) is 2.55. The third kappa shape index (κ3) is 5.07. The zero-order valence-electron chi connectivity index (χ0n) is 11.0. The van der Waals surface area contributed by atoms with Gasteiger partial charge in [-0.1, -0.05) is 26.3 Å². The van der Waals surface area contributed by atoms with Crippen molar-refractivity contribution < 1.29 is 0 Å². The summed E-state index contributed by atoms with van der Waals surface area (Å²) in [6, 6.07) is 0. The molecule has 0 saturated heterocycles. The van der Waals surface area contributed by atoms with Crippen molar-refractivity contribution in [3.05, 3.63) is 11.6 Å². The van der Waals surface area contributed by atoms with E-state index in [1.807, 2.05) is 27.0 Å². The van der Waals surface area contributed by atoms with Gasteiger partial charge < -0.3 is 16.5 Å². The molecule has 0 aliphatic rings. The minimum absolute atomic E-state index is 0.128. The molecule has 4 nitrogen and oxygen atoms in total. The SMILES string of the molecule is CNC/N=C(N)\C=C(\C(C)C)[C@H](C)C(C)=N. The minimum Gasteiger partial charge on any atom is -0.384 e. The molecule has 0 saturated carbocycles. The lowest BCUT2D eigenvalue weighted by Crippen LogP contribution is -2.19. The van der Waals surface area contributed by atoms with Crippen molar-refractivity contribution in [3.63, 3.8) is 0 Å². The molecule has 0 bridgehead atoms. The van der Waals surface area contributed by atoms with Crippen LogP contribution in [0.15, 0.2) is 16.6 Å². The van der Waals surface area contributed by atoms with Crippen LogP contribution in [0.25, 0.3) is 0 Å². The fourth-order valence-electron chi connectivity index (χ4n) is 1.43. The van der Waals surface area contributed by atoms with Crippen molar-refractivity contribution in [2.75, 3.05) is 13.7 Å². The number of nitrogens with zero attached hydrogens (tertiary/aromatic N) is 1. The van der Waals surface area contributed by atoms with Gasteiger partial charge >= 0.3 is 0 Å². The van der Waals surface area contributed by atoms with E-state index in [1.54, 1.807) is 0 Å². The summed E-state index contributed by atoms with van der Waals surface area (Å²) in [6.07, 6.45) is 1.89. The maximum absolute atomic E-state index is 7.67. The average Bonchev–Trinajstić information content (AvgIpc) is 2.21. The van der Waals surface area contributed by atoms with Crippen LogP contribution in [0.1, 0.15) is 27.7 Å². The molecule has 16 heavy (non-hydrogen) atoms. The summed E-state index contributed by atoms with van der Waals surface area (Å²) in [5.41, 5.74) is 7.61. The van der Waals surface area contributed by atoms with Crippen molar-refractivity contribution in [1.29, 1.82) is 5.41 Å². The van der Waals surface area contributed by atoms with E-state index in [2.05, 4.69) is 24.2 Å².